The van der Waals surface area contributed by atoms with Gasteiger partial charge in [-0.15, -0.1) is 0 Å². The molecule has 0 spiro atoms. The summed E-state index contributed by atoms with van der Waals surface area (Å²) in [5.41, 5.74) is 2.84. The molecule has 2 aliphatic heterocycles. The molecule has 3 N–H and O–H groups in total. The normalized spacial score (nSPS) is 18.4. The Morgan fingerprint density at radius 2 is 1.56 bits per heavy atom. The smallest absolute Gasteiger partial charge is 0.202 e. The first-order valence-electron chi connectivity index (χ1n) is 11.4. The lowest BCUT2D eigenvalue weighted by Gasteiger charge is -2.34. The van der Waals surface area contributed by atoms with Crippen LogP contribution in [0.25, 0.3) is 0 Å². The minimum absolute atomic E-state index is 0.0221. The van der Waals surface area contributed by atoms with Crippen molar-refractivity contribution < 1.29 is 14.2 Å². The van der Waals surface area contributed by atoms with Crippen molar-refractivity contribution in [1.29, 1.82) is 0 Å². The van der Waals surface area contributed by atoms with E-state index >= 15 is 0 Å². The van der Waals surface area contributed by atoms with Crippen molar-refractivity contribution in [3.8, 4) is 17.2 Å². The van der Waals surface area contributed by atoms with Gasteiger partial charge in [0.1, 0.15) is 23.1 Å². The minimum Gasteiger partial charge on any atom is -0.497 e. The van der Waals surface area contributed by atoms with Gasteiger partial charge in [0.25, 0.3) is 0 Å². The van der Waals surface area contributed by atoms with E-state index in [1.165, 1.54) is 0 Å². The number of methoxy groups -OCH3 is 3. The minimum atomic E-state index is -0.0221. The SMILES string of the molecule is COc1ccc(NC2=CC(C)N=C(Nc3ccc(N4CCN(C)CC4)cc3OC)N2)c(OC)c1. The second-order valence-corrected chi connectivity index (χ2v) is 8.41. The van der Waals surface area contributed by atoms with Crippen molar-refractivity contribution in [2.75, 3.05) is 70.1 Å². The number of aliphatic imine (C=N–C) groups is 1. The van der Waals surface area contributed by atoms with Crippen LogP contribution in [-0.4, -0.2) is 71.5 Å². The molecule has 182 valence electrons. The molecule has 1 atom stereocenters. The van der Waals surface area contributed by atoms with Gasteiger partial charge < -0.3 is 40.0 Å². The van der Waals surface area contributed by atoms with Crippen LogP contribution in [0.4, 0.5) is 17.1 Å². The highest BCUT2D eigenvalue weighted by molar-refractivity contribution is 5.97. The second kappa shape index (κ2) is 10.6. The summed E-state index contributed by atoms with van der Waals surface area (Å²) in [6, 6.07) is 11.9. The van der Waals surface area contributed by atoms with Gasteiger partial charge in [-0.1, -0.05) is 0 Å². The Morgan fingerprint density at radius 3 is 2.26 bits per heavy atom. The molecule has 0 aliphatic carbocycles. The van der Waals surface area contributed by atoms with Crippen LogP contribution in [0.1, 0.15) is 6.92 Å². The first-order chi connectivity index (χ1) is 16.5. The second-order valence-electron chi connectivity index (χ2n) is 8.41. The number of guanidine groups is 1. The molecule has 0 saturated carbocycles. The maximum Gasteiger partial charge on any atom is 0.202 e. The molecule has 9 nitrogen and oxygen atoms in total. The van der Waals surface area contributed by atoms with Crippen molar-refractivity contribution in [2.24, 2.45) is 4.99 Å². The number of anilines is 3. The fourth-order valence-electron chi connectivity index (χ4n) is 4.04. The lowest BCUT2D eigenvalue weighted by molar-refractivity contribution is 0.312. The highest BCUT2D eigenvalue weighted by atomic mass is 16.5. The summed E-state index contributed by atoms with van der Waals surface area (Å²) >= 11 is 0. The van der Waals surface area contributed by atoms with E-state index < -0.39 is 0 Å². The molecule has 0 radical (unpaired) electrons. The number of piperazine rings is 1. The predicted octanol–water partition coefficient (Wildman–Crippen LogP) is 3.18. The van der Waals surface area contributed by atoms with Crippen molar-refractivity contribution >= 4 is 23.0 Å². The largest absolute Gasteiger partial charge is 0.497 e. The number of nitrogens with zero attached hydrogens (tertiary/aromatic N) is 3. The van der Waals surface area contributed by atoms with Crippen LogP contribution in [-0.2, 0) is 0 Å². The Labute approximate surface area is 201 Å². The summed E-state index contributed by atoms with van der Waals surface area (Å²) < 4.78 is 16.5. The molecule has 4 rings (SSSR count). The average molecular weight is 467 g/mol. The van der Waals surface area contributed by atoms with Crippen LogP contribution >= 0.6 is 0 Å². The van der Waals surface area contributed by atoms with Gasteiger partial charge in [-0.2, -0.15) is 0 Å². The number of benzene rings is 2. The third-order valence-corrected chi connectivity index (χ3v) is 5.98. The summed E-state index contributed by atoms with van der Waals surface area (Å²) in [6.07, 6.45) is 2.02. The van der Waals surface area contributed by atoms with Crippen LogP contribution in [0.2, 0.25) is 0 Å². The third kappa shape index (κ3) is 5.48. The molecule has 2 heterocycles. The molecule has 1 saturated heterocycles. The van der Waals surface area contributed by atoms with E-state index in [0.717, 1.165) is 60.6 Å². The fourth-order valence-corrected chi connectivity index (χ4v) is 4.04. The maximum atomic E-state index is 5.70. The first-order valence-corrected chi connectivity index (χ1v) is 11.4. The van der Waals surface area contributed by atoms with Gasteiger partial charge in [0, 0.05) is 44.0 Å². The number of nitrogens with one attached hydrogen (secondary N) is 3. The zero-order chi connectivity index (χ0) is 24.1. The van der Waals surface area contributed by atoms with Crippen LogP contribution in [0.15, 0.2) is 53.3 Å². The first kappa shape index (κ1) is 23.6. The Kier molecular flexibility index (Phi) is 7.32. The van der Waals surface area contributed by atoms with Gasteiger partial charge in [0.15, 0.2) is 0 Å². The number of ether oxygens (including phenoxy) is 3. The van der Waals surface area contributed by atoms with Gasteiger partial charge in [0.05, 0.1) is 38.7 Å². The van der Waals surface area contributed by atoms with Gasteiger partial charge in [-0.3, -0.25) is 0 Å². The lowest BCUT2D eigenvalue weighted by Crippen LogP contribution is -2.44. The van der Waals surface area contributed by atoms with Crippen molar-refractivity contribution in [3.05, 3.63) is 48.3 Å². The Bertz CT molecular complexity index is 1060. The summed E-state index contributed by atoms with van der Waals surface area (Å²) in [6.45, 7) is 6.16. The van der Waals surface area contributed by atoms with Gasteiger partial charge in [0.2, 0.25) is 5.96 Å². The van der Waals surface area contributed by atoms with Crippen molar-refractivity contribution in [1.82, 2.24) is 10.2 Å². The van der Waals surface area contributed by atoms with Crippen LogP contribution < -0.4 is 35.1 Å². The van der Waals surface area contributed by atoms with E-state index in [4.69, 9.17) is 19.2 Å². The molecule has 0 bridgehead atoms. The monoisotopic (exact) mass is 466 g/mol. The topological polar surface area (TPSA) is 82.6 Å². The van der Waals surface area contributed by atoms with Gasteiger partial charge in [-0.05, 0) is 44.3 Å². The van der Waals surface area contributed by atoms with E-state index in [-0.39, 0.29) is 6.04 Å². The summed E-state index contributed by atoms with van der Waals surface area (Å²) in [4.78, 5) is 9.42. The molecule has 34 heavy (non-hydrogen) atoms. The fraction of sp³-hybridized carbons (Fsp3) is 0.400. The van der Waals surface area contributed by atoms with Crippen molar-refractivity contribution in [2.45, 2.75) is 13.0 Å². The Morgan fingerprint density at radius 1 is 0.882 bits per heavy atom. The molecular formula is C25H34N6O3. The molecule has 0 aromatic heterocycles. The summed E-state index contributed by atoms with van der Waals surface area (Å²) in [5, 5.41) is 10.1. The number of hydrogen-bond donors (Lipinski definition) is 3. The van der Waals surface area contributed by atoms with E-state index in [1.807, 2.05) is 37.3 Å². The van der Waals surface area contributed by atoms with Crippen LogP contribution in [0, 0.1) is 0 Å². The number of hydrogen-bond acceptors (Lipinski definition) is 9. The molecule has 9 heteroatoms. The van der Waals surface area contributed by atoms with E-state index in [1.54, 1.807) is 21.3 Å². The zero-order valence-electron chi connectivity index (χ0n) is 20.5. The van der Waals surface area contributed by atoms with Crippen LogP contribution in [0.5, 0.6) is 17.2 Å². The average Bonchev–Trinajstić information content (AvgIpc) is 2.84. The van der Waals surface area contributed by atoms with E-state index in [9.17, 15) is 0 Å². The van der Waals surface area contributed by atoms with Crippen molar-refractivity contribution in [3.63, 3.8) is 0 Å². The highest BCUT2D eigenvalue weighted by Crippen LogP contribution is 2.32. The molecule has 1 unspecified atom stereocenters. The Balaban J connectivity index is 1.46. The third-order valence-electron chi connectivity index (χ3n) is 5.98. The van der Waals surface area contributed by atoms with Crippen LogP contribution in [0.3, 0.4) is 0 Å². The molecule has 1 fully saturated rings. The van der Waals surface area contributed by atoms with E-state index in [2.05, 4.69) is 44.9 Å². The molecular weight excluding hydrogens is 432 g/mol. The summed E-state index contributed by atoms with van der Waals surface area (Å²) in [5.74, 6) is 3.64. The maximum absolute atomic E-state index is 5.70. The predicted molar refractivity (Wildman–Crippen MR) is 138 cm³/mol. The number of likely N-dealkylation sites (N-methyl/N-ethyl adjacent to an activating group) is 1. The Hall–Kier alpha value is -3.59. The summed E-state index contributed by atoms with van der Waals surface area (Å²) in [7, 11) is 7.12. The molecule has 0 amide bonds. The zero-order valence-corrected chi connectivity index (χ0v) is 20.5. The highest BCUT2D eigenvalue weighted by Gasteiger charge is 2.18. The van der Waals surface area contributed by atoms with E-state index in [0.29, 0.717) is 11.7 Å². The molecule has 2 aromatic rings. The lowest BCUT2D eigenvalue weighted by atomic mass is 10.2. The molecule has 2 aliphatic rings. The quantitative estimate of drug-likeness (QED) is 0.574. The standard InChI is InChI=1S/C25H34N6O3/c1-17-14-24(27-20-9-7-19(32-3)16-23(20)34-5)29-25(26-17)28-21-8-6-18(15-22(21)33-4)31-12-10-30(2)11-13-31/h6-9,14-17,27H,10-13H2,1-5H3,(H2,26,28,29). The van der Waals surface area contributed by atoms with Gasteiger partial charge >= 0.3 is 0 Å². The molecule has 2 aromatic carbocycles. The van der Waals surface area contributed by atoms with Gasteiger partial charge in [-0.25, -0.2) is 4.99 Å². The number of rotatable bonds is 7.